The lowest BCUT2D eigenvalue weighted by Crippen LogP contribution is -2.33. The molecular formula is C16H32N2O. The Labute approximate surface area is 118 Å². The molecule has 0 aromatic heterocycles. The number of rotatable bonds is 7. The van der Waals surface area contributed by atoms with Crippen LogP contribution in [0.3, 0.4) is 0 Å². The largest absolute Gasteiger partial charge is 0.354 e. The number of nitrogens with two attached hydrogens (primary N) is 1. The summed E-state index contributed by atoms with van der Waals surface area (Å²) in [6.07, 6.45) is 8.67. The van der Waals surface area contributed by atoms with Crippen molar-refractivity contribution in [3.63, 3.8) is 0 Å². The van der Waals surface area contributed by atoms with Crippen LogP contribution in [0.4, 0.5) is 0 Å². The van der Waals surface area contributed by atoms with Crippen LogP contribution in [0.2, 0.25) is 0 Å². The monoisotopic (exact) mass is 268 g/mol. The third kappa shape index (κ3) is 7.56. The second-order valence-corrected chi connectivity index (χ2v) is 6.76. The summed E-state index contributed by atoms with van der Waals surface area (Å²) in [7, 11) is 0. The van der Waals surface area contributed by atoms with Gasteiger partial charge in [-0.05, 0) is 63.7 Å². The van der Waals surface area contributed by atoms with E-state index in [9.17, 15) is 4.79 Å². The predicted molar refractivity (Wildman–Crippen MR) is 80.8 cm³/mol. The summed E-state index contributed by atoms with van der Waals surface area (Å²) >= 11 is 0. The molecule has 1 unspecified atom stereocenters. The first-order valence-corrected chi connectivity index (χ1v) is 8.02. The number of hydrogen-bond acceptors (Lipinski definition) is 2. The van der Waals surface area contributed by atoms with E-state index < -0.39 is 0 Å². The number of carbonyl (C=O) groups is 1. The second-order valence-electron chi connectivity index (χ2n) is 6.76. The van der Waals surface area contributed by atoms with Gasteiger partial charge in [0.15, 0.2) is 0 Å². The predicted octanol–water partition coefficient (Wildman–Crippen LogP) is 3.23. The van der Waals surface area contributed by atoms with Crippen molar-refractivity contribution in [3.8, 4) is 0 Å². The van der Waals surface area contributed by atoms with Gasteiger partial charge in [-0.3, -0.25) is 4.79 Å². The van der Waals surface area contributed by atoms with E-state index in [1.807, 2.05) is 0 Å². The molecule has 0 aromatic rings. The zero-order valence-electron chi connectivity index (χ0n) is 13.0. The number of nitrogens with one attached hydrogen (secondary N) is 1. The molecule has 0 heterocycles. The summed E-state index contributed by atoms with van der Waals surface area (Å²) in [5.74, 6) is 1.66. The smallest absolute Gasteiger partial charge is 0.220 e. The molecule has 1 atom stereocenters. The Kier molecular flexibility index (Phi) is 7.44. The lowest BCUT2D eigenvalue weighted by atomic mass is 9.84. The van der Waals surface area contributed by atoms with Crippen molar-refractivity contribution >= 4 is 5.91 Å². The van der Waals surface area contributed by atoms with E-state index in [4.69, 9.17) is 5.73 Å². The third-order valence-corrected chi connectivity index (χ3v) is 4.26. The van der Waals surface area contributed by atoms with Gasteiger partial charge in [-0.2, -0.15) is 0 Å². The van der Waals surface area contributed by atoms with Crippen LogP contribution in [0, 0.1) is 11.8 Å². The van der Waals surface area contributed by atoms with Gasteiger partial charge in [0.25, 0.3) is 0 Å². The van der Waals surface area contributed by atoms with Gasteiger partial charge in [0.1, 0.15) is 0 Å². The van der Waals surface area contributed by atoms with Crippen LogP contribution in [0.15, 0.2) is 0 Å². The SMILES string of the molecule is CC(C)CCC(C)NC(=O)CCC1CCC(N)CC1. The summed E-state index contributed by atoms with van der Waals surface area (Å²) in [5.41, 5.74) is 5.90. The molecule has 1 amide bonds. The van der Waals surface area contributed by atoms with E-state index in [1.54, 1.807) is 0 Å². The van der Waals surface area contributed by atoms with Crippen molar-refractivity contribution in [2.75, 3.05) is 0 Å². The van der Waals surface area contributed by atoms with Crippen LogP contribution in [0.1, 0.15) is 72.1 Å². The Morgan fingerprint density at radius 2 is 1.79 bits per heavy atom. The van der Waals surface area contributed by atoms with E-state index in [0.29, 0.717) is 24.4 Å². The topological polar surface area (TPSA) is 55.1 Å². The molecule has 112 valence electrons. The van der Waals surface area contributed by atoms with E-state index in [-0.39, 0.29) is 5.91 Å². The highest BCUT2D eigenvalue weighted by molar-refractivity contribution is 5.76. The maximum absolute atomic E-state index is 11.9. The Balaban J connectivity index is 2.10. The van der Waals surface area contributed by atoms with Gasteiger partial charge < -0.3 is 11.1 Å². The molecule has 0 bridgehead atoms. The fraction of sp³-hybridized carbons (Fsp3) is 0.938. The minimum atomic E-state index is 0.228. The van der Waals surface area contributed by atoms with Crippen molar-refractivity contribution in [2.24, 2.45) is 17.6 Å². The molecule has 1 aliphatic rings. The summed E-state index contributed by atoms with van der Waals surface area (Å²) in [5, 5.41) is 3.12. The Bertz CT molecular complexity index is 257. The molecule has 3 N–H and O–H groups in total. The summed E-state index contributed by atoms with van der Waals surface area (Å²) in [6.45, 7) is 6.56. The number of amides is 1. The van der Waals surface area contributed by atoms with Gasteiger partial charge >= 0.3 is 0 Å². The Morgan fingerprint density at radius 1 is 1.16 bits per heavy atom. The van der Waals surface area contributed by atoms with Gasteiger partial charge in [-0.1, -0.05) is 13.8 Å². The van der Waals surface area contributed by atoms with Crippen LogP contribution in [-0.2, 0) is 4.79 Å². The third-order valence-electron chi connectivity index (χ3n) is 4.26. The van der Waals surface area contributed by atoms with E-state index >= 15 is 0 Å². The van der Waals surface area contributed by atoms with Crippen molar-refractivity contribution < 1.29 is 4.79 Å². The van der Waals surface area contributed by atoms with Gasteiger partial charge in [0.05, 0.1) is 0 Å². The molecular weight excluding hydrogens is 236 g/mol. The highest BCUT2D eigenvalue weighted by Crippen LogP contribution is 2.26. The number of carbonyl (C=O) groups excluding carboxylic acids is 1. The number of hydrogen-bond donors (Lipinski definition) is 2. The lowest BCUT2D eigenvalue weighted by Gasteiger charge is -2.26. The molecule has 0 radical (unpaired) electrons. The van der Waals surface area contributed by atoms with E-state index in [0.717, 1.165) is 31.6 Å². The molecule has 0 aliphatic heterocycles. The Morgan fingerprint density at radius 3 is 2.37 bits per heavy atom. The molecule has 19 heavy (non-hydrogen) atoms. The van der Waals surface area contributed by atoms with Gasteiger partial charge in [-0.25, -0.2) is 0 Å². The average Bonchev–Trinajstić information content (AvgIpc) is 2.36. The van der Waals surface area contributed by atoms with Crippen LogP contribution in [-0.4, -0.2) is 18.0 Å². The first kappa shape index (κ1) is 16.5. The highest BCUT2D eigenvalue weighted by atomic mass is 16.1. The van der Waals surface area contributed by atoms with Gasteiger partial charge in [-0.15, -0.1) is 0 Å². The van der Waals surface area contributed by atoms with Gasteiger partial charge in [0, 0.05) is 18.5 Å². The van der Waals surface area contributed by atoms with Crippen molar-refractivity contribution in [2.45, 2.75) is 84.2 Å². The lowest BCUT2D eigenvalue weighted by molar-refractivity contribution is -0.122. The fourth-order valence-corrected chi connectivity index (χ4v) is 2.81. The first-order valence-electron chi connectivity index (χ1n) is 8.02. The molecule has 1 aliphatic carbocycles. The molecule has 1 rings (SSSR count). The zero-order chi connectivity index (χ0) is 14.3. The molecule has 3 nitrogen and oxygen atoms in total. The molecule has 0 aromatic carbocycles. The van der Waals surface area contributed by atoms with Crippen LogP contribution < -0.4 is 11.1 Å². The van der Waals surface area contributed by atoms with Crippen LogP contribution in [0.5, 0.6) is 0 Å². The molecule has 0 spiro atoms. The molecule has 3 heteroatoms. The first-order chi connectivity index (χ1) is 8.97. The van der Waals surface area contributed by atoms with Crippen LogP contribution in [0.25, 0.3) is 0 Å². The molecule has 0 saturated heterocycles. The molecule has 1 fully saturated rings. The highest BCUT2D eigenvalue weighted by Gasteiger charge is 2.19. The summed E-state index contributed by atoms with van der Waals surface area (Å²) in [6, 6.07) is 0.718. The van der Waals surface area contributed by atoms with Crippen molar-refractivity contribution in [1.82, 2.24) is 5.32 Å². The fourth-order valence-electron chi connectivity index (χ4n) is 2.81. The van der Waals surface area contributed by atoms with Crippen molar-refractivity contribution in [3.05, 3.63) is 0 Å². The van der Waals surface area contributed by atoms with Crippen molar-refractivity contribution in [1.29, 1.82) is 0 Å². The normalized spacial score (nSPS) is 25.3. The Hall–Kier alpha value is -0.570. The molecule has 1 saturated carbocycles. The van der Waals surface area contributed by atoms with Crippen LogP contribution >= 0.6 is 0 Å². The standard InChI is InChI=1S/C16H32N2O/c1-12(2)4-5-13(3)18-16(19)11-8-14-6-9-15(17)10-7-14/h12-15H,4-11,17H2,1-3H3,(H,18,19). The quantitative estimate of drug-likeness (QED) is 0.745. The second kappa shape index (κ2) is 8.57. The summed E-state index contributed by atoms with van der Waals surface area (Å²) < 4.78 is 0. The van der Waals surface area contributed by atoms with Gasteiger partial charge in [0.2, 0.25) is 5.91 Å². The maximum Gasteiger partial charge on any atom is 0.220 e. The maximum atomic E-state index is 11.9. The summed E-state index contributed by atoms with van der Waals surface area (Å²) in [4.78, 5) is 11.9. The average molecular weight is 268 g/mol. The zero-order valence-corrected chi connectivity index (χ0v) is 13.0. The van der Waals surface area contributed by atoms with E-state index in [1.165, 1.54) is 19.3 Å². The minimum Gasteiger partial charge on any atom is -0.354 e. The minimum absolute atomic E-state index is 0.228. The van der Waals surface area contributed by atoms with E-state index in [2.05, 4.69) is 26.1 Å².